The number of halogens is 4. The smallest absolute Gasteiger partial charge is 0.326 e. The van der Waals surface area contributed by atoms with Gasteiger partial charge in [0.05, 0.1) is 5.02 Å². The number of benzene rings is 3. The van der Waals surface area contributed by atoms with E-state index in [0.717, 1.165) is 33.8 Å². The molecule has 9 heteroatoms. The Bertz CT molecular complexity index is 1260. The second-order valence-electron chi connectivity index (χ2n) is 7.48. The van der Waals surface area contributed by atoms with E-state index < -0.39 is 29.1 Å². The molecule has 0 aliphatic heterocycles. The highest BCUT2D eigenvalue weighted by Crippen LogP contribution is 2.40. The number of amides is 3. The Morgan fingerprint density at radius 2 is 1.61 bits per heavy atom. The van der Waals surface area contributed by atoms with E-state index in [1.54, 1.807) is 19.9 Å². The molecular formula is C24H20BrClF2N2O3. The van der Waals surface area contributed by atoms with Crippen LogP contribution in [0.3, 0.4) is 0 Å². The van der Waals surface area contributed by atoms with Crippen molar-refractivity contribution < 1.29 is 23.1 Å². The fourth-order valence-corrected chi connectivity index (χ4v) is 3.86. The van der Waals surface area contributed by atoms with Gasteiger partial charge in [-0.3, -0.25) is 10.1 Å². The lowest BCUT2D eigenvalue weighted by Gasteiger charge is -2.18. The van der Waals surface area contributed by atoms with Crippen LogP contribution in [-0.2, 0) is 0 Å². The molecule has 0 aromatic heterocycles. The van der Waals surface area contributed by atoms with E-state index in [2.05, 4.69) is 21.2 Å². The molecule has 0 bridgehead atoms. The van der Waals surface area contributed by atoms with Crippen LogP contribution >= 0.6 is 27.5 Å². The van der Waals surface area contributed by atoms with Crippen LogP contribution in [0, 0.1) is 39.3 Å². The van der Waals surface area contributed by atoms with Crippen molar-refractivity contribution in [3.63, 3.8) is 0 Å². The normalized spacial score (nSPS) is 10.7. The molecule has 0 heterocycles. The summed E-state index contributed by atoms with van der Waals surface area (Å²) in [6.07, 6.45) is 0. The van der Waals surface area contributed by atoms with Gasteiger partial charge in [-0.1, -0.05) is 33.6 Å². The van der Waals surface area contributed by atoms with Crippen LogP contribution < -0.4 is 15.4 Å². The average molecular weight is 538 g/mol. The zero-order chi connectivity index (χ0) is 24.4. The lowest BCUT2D eigenvalue weighted by atomic mass is 10.1. The molecule has 0 fully saturated rings. The largest absolute Gasteiger partial charge is 0.455 e. The lowest BCUT2D eigenvalue weighted by Crippen LogP contribution is -2.35. The molecule has 33 heavy (non-hydrogen) atoms. The minimum Gasteiger partial charge on any atom is -0.455 e. The van der Waals surface area contributed by atoms with E-state index in [4.69, 9.17) is 16.3 Å². The number of rotatable bonds is 4. The summed E-state index contributed by atoms with van der Waals surface area (Å²) < 4.78 is 34.6. The predicted molar refractivity (Wildman–Crippen MR) is 127 cm³/mol. The van der Waals surface area contributed by atoms with Gasteiger partial charge in [0, 0.05) is 10.2 Å². The zero-order valence-corrected chi connectivity index (χ0v) is 20.5. The first kappa shape index (κ1) is 24.7. The Morgan fingerprint density at radius 1 is 0.970 bits per heavy atom. The first-order valence-corrected chi connectivity index (χ1v) is 11.0. The number of aryl methyl sites for hydroxylation is 3. The number of nitrogens with one attached hydrogen (secondary N) is 2. The molecule has 0 atom stereocenters. The molecule has 172 valence electrons. The Kier molecular flexibility index (Phi) is 7.39. The van der Waals surface area contributed by atoms with Crippen molar-refractivity contribution in [2.75, 3.05) is 5.32 Å². The molecule has 0 saturated heterocycles. The van der Waals surface area contributed by atoms with Gasteiger partial charge in [0.15, 0.2) is 0 Å². The highest BCUT2D eigenvalue weighted by atomic mass is 79.9. The number of imide groups is 1. The third-order valence-electron chi connectivity index (χ3n) is 4.98. The number of urea groups is 1. The van der Waals surface area contributed by atoms with Gasteiger partial charge in [0.1, 0.15) is 28.7 Å². The summed E-state index contributed by atoms with van der Waals surface area (Å²) >= 11 is 10.0. The van der Waals surface area contributed by atoms with Gasteiger partial charge in [-0.2, -0.15) is 0 Å². The summed E-state index contributed by atoms with van der Waals surface area (Å²) in [5.74, 6) is -2.29. The van der Waals surface area contributed by atoms with E-state index in [-0.39, 0.29) is 5.02 Å². The summed E-state index contributed by atoms with van der Waals surface area (Å²) in [6.45, 7) is 7.27. The van der Waals surface area contributed by atoms with E-state index in [9.17, 15) is 18.4 Å². The molecule has 2 N–H and O–H groups in total. The van der Waals surface area contributed by atoms with Gasteiger partial charge < -0.3 is 10.1 Å². The van der Waals surface area contributed by atoms with Crippen molar-refractivity contribution in [3.05, 3.63) is 85.3 Å². The maximum Gasteiger partial charge on any atom is 0.326 e. The summed E-state index contributed by atoms with van der Waals surface area (Å²) in [7, 11) is 0. The second-order valence-corrected chi connectivity index (χ2v) is 8.72. The number of ether oxygens (including phenoxy) is 1. The standard InChI is InChI=1S/C24H20BrClF2N2O3/c1-11-10-19(12(2)8-15(11)25)33-22-13(3)9-18(14(4)21(22)26)29-24(32)30-23(31)20-16(27)6-5-7-17(20)28/h5-10H,1-4H3,(H2,29,30,31,32). The lowest BCUT2D eigenvalue weighted by molar-refractivity contribution is 0.0959. The molecule has 0 unspecified atom stereocenters. The Balaban J connectivity index is 1.82. The van der Waals surface area contributed by atoms with E-state index in [1.165, 1.54) is 0 Å². The SMILES string of the molecule is Cc1cc(Oc2c(C)cc(NC(=O)NC(=O)c3c(F)cccc3F)c(C)c2Cl)c(C)cc1Br. The highest BCUT2D eigenvalue weighted by Gasteiger charge is 2.21. The van der Waals surface area contributed by atoms with Crippen LogP contribution in [-0.4, -0.2) is 11.9 Å². The Morgan fingerprint density at radius 3 is 2.24 bits per heavy atom. The number of carbonyl (C=O) groups is 2. The van der Waals surface area contributed by atoms with Crippen molar-refractivity contribution in [1.82, 2.24) is 5.32 Å². The number of hydrogen-bond donors (Lipinski definition) is 2. The quantitative estimate of drug-likeness (QED) is 0.365. The minimum atomic E-state index is -1.20. The van der Waals surface area contributed by atoms with Crippen molar-refractivity contribution >= 4 is 45.2 Å². The molecule has 0 radical (unpaired) electrons. The summed E-state index contributed by atoms with van der Waals surface area (Å²) in [4.78, 5) is 24.5. The minimum absolute atomic E-state index is 0.275. The van der Waals surface area contributed by atoms with Crippen molar-refractivity contribution in [2.24, 2.45) is 0 Å². The maximum atomic E-state index is 13.8. The van der Waals surface area contributed by atoms with E-state index in [1.807, 2.05) is 31.3 Å². The van der Waals surface area contributed by atoms with Gasteiger partial charge >= 0.3 is 6.03 Å². The fraction of sp³-hybridized carbons (Fsp3) is 0.167. The molecule has 3 amide bonds. The van der Waals surface area contributed by atoms with Crippen LogP contribution in [0.4, 0.5) is 19.3 Å². The summed E-state index contributed by atoms with van der Waals surface area (Å²) in [5.41, 5.74) is 2.49. The molecule has 0 spiro atoms. The second kappa shape index (κ2) is 9.89. The Hall–Kier alpha value is -2.97. The predicted octanol–water partition coefficient (Wildman–Crippen LogP) is 7.37. The molecular weight excluding hydrogens is 518 g/mol. The molecule has 0 aliphatic rings. The zero-order valence-electron chi connectivity index (χ0n) is 18.2. The van der Waals surface area contributed by atoms with Crippen LogP contribution in [0.2, 0.25) is 5.02 Å². The molecule has 0 saturated carbocycles. The number of carbonyl (C=O) groups excluding carboxylic acids is 2. The van der Waals surface area contributed by atoms with Crippen molar-refractivity contribution in [3.8, 4) is 11.5 Å². The topological polar surface area (TPSA) is 67.4 Å². The van der Waals surface area contributed by atoms with Crippen LogP contribution in [0.25, 0.3) is 0 Å². The van der Waals surface area contributed by atoms with Crippen LogP contribution in [0.1, 0.15) is 32.6 Å². The number of hydrogen-bond acceptors (Lipinski definition) is 3. The van der Waals surface area contributed by atoms with E-state index >= 15 is 0 Å². The fourth-order valence-electron chi connectivity index (χ4n) is 3.12. The molecule has 3 aromatic rings. The van der Waals surface area contributed by atoms with E-state index in [0.29, 0.717) is 28.3 Å². The monoisotopic (exact) mass is 536 g/mol. The first-order chi connectivity index (χ1) is 15.5. The van der Waals surface area contributed by atoms with Crippen molar-refractivity contribution in [1.29, 1.82) is 0 Å². The molecule has 3 rings (SSSR count). The summed E-state index contributed by atoms with van der Waals surface area (Å²) in [5, 5.41) is 4.68. The molecule has 5 nitrogen and oxygen atoms in total. The maximum absolute atomic E-state index is 13.8. The molecule has 0 aliphatic carbocycles. The first-order valence-electron chi connectivity index (χ1n) is 9.80. The van der Waals surface area contributed by atoms with Gasteiger partial charge in [0.25, 0.3) is 5.91 Å². The average Bonchev–Trinajstić information content (AvgIpc) is 2.72. The van der Waals surface area contributed by atoms with Gasteiger partial charge in [0.2, 0.25) is 0 Å². The highest BCUT2D eigenvalue weighted by molar-refractivity contribution is 9.10. The van der Waals surface area contributed by atoms with Crippen molar-refractivity contribution in [2.45, 2.75) is 27.7 Å². The third-order valence-corrected chi connectivity index (χ3v) is 6.29. The van der Waals surface area contributed by atoms with Gasteiger partial charge in [-0.25, -0.2) is 13.6 Å². The Labute approximate surface area is 203 Å². The van der Waals surface area contributed by atoms with Crippen LogP contribution in [0.5, 0.6) is 11.5 Å². The van der Waals surface area contributed by atoms with Crippen LogP contribution in [0.15, 0.2) is 40.9 Å². The number of anilines is 1. The molecule has 3 aromatic carbocycles. The van der Waals surface area contributed by atoms with Gasteiger partial charge in [-0.15, -0.1) is 0 Å². The van der Waals surface area contributed by atoms with Gasteiger partial charge in [-0.05, 0) is 80.3 Å². The third kappa shape index (κ3) is 5.34. The summed E-state index contributed by atoms with van der Waals surface area (Å²) in [6, 6.07) is 7.47.